The molecule has 1 atom stereocenters. The Labute approximate surface area is 121 Å². The fourth-order valence-electron chi connectivity index (χ4n) is 2.12. The van der Waals surface area contributed by atoms with E-state index in [0.717, 1.165) is 0 Å². The molecule has 2 rings (SSSR count). The van der Waals surface area contributed by atoms with E-state index < -0.39 is 23.5 Å². The van der Waals surface area contributed by atoms with E-state index in [9.17, 15) is 19.1 Å². The Balaban J connectivity index is 2.11. The summed E-state index contributed by atoms with van der Waals surface area (Å²) in [5, 5.41) is 10.9. The van der Waals surface area contributed by atoms with Crippen LogP contribution in [0.1, 0.15) is 24.5 Å². The first kappa shape index (κ1) is 15.2. The number of carbonyl (C=O) groups is 2. The summed E-state index contributed by atoms with van der Waals surface area (Å²) in [5.41, 5.74) is 0.849. The van der Waals surface area contributed by atoms with E-state index in [-0.39, 0.29) is 30.8 Å². The molecule has 1 aromatic carbocycles. The molecule has 0 aliphatic carbocycles. The first-order valence-electron chi connectivity index (χ1n) is 6.45. The number of aldehydes is 1. The molecule has 7 heteroatoms. The van der Waals surface area contributed by atoms with Gasteiger partial charge >= 0.3 is 5.97 Å². The quantitative estimate of drug-likeness (QED) is 0.831. The number of ether oxygens (including phenoxy) is 1. The van der Waals surface area contributed by atoms with Crippen LogP contribution >= 0.6 is 0 Å². The summed E-state index contributed by atoms with van der Waals surface area (Å²) in [7, 11) is 1.33. The van der Waals surface area contributed by atoms with Gasteiger partial charge in [0.15, 0.2) is 17.3 Å². The second-order valence-corrected chi connectivity index (χ2v) is 4.89. The van der Waals surface area contributed by atoms with Gasteiger partial charge in [-0.15, -0.1) is 5.06 Å². The third kappa shape index (κ3) is 2.97. The van der Waals surface area contributed by atoms with Crippen molar-refractivity contribution in [3.8, 4) is 11.5 Å². The fourth-order valence-corrected chi connectivity index (χ4v) is 2.12. The molecule has 21 heavy (non-hydrogen) atoms. The monoisotopic (exact) mass is 297 g/mol. The number of nitrogens with zero attached hydrogens (tertiary/aromatic N) is 1. The fraction of sp³-hybridized carbons (Fsp3) is 0.429. The van der Waals surface area contributed by atoms with Crippen LogP contribution in [0, 0.1) is 11.7 Å². The number of aromatic hydroxyl groups is 1. The van der Waals surface area contributed by atoms with E-state index in [4.69, 9.17) is 9.57 Å². The third-order valence-electron chi connectivity index (χ3n) is 3.37. The van der Waals surface area contributed by atoms with Crippen LogP contribution in [0.25, 0.3) is 0 Å². The van der Waals surface area contributed by atoms with Crippen LogP contribution in [0.15, 0.2) is 6.07 Å². The van der Waals surface area contributed by atoms with Gasteiger partial charge in [0.1, 0.15) is 6.29 Å². The maximum Gasteiger partial charge on any atom is 0.328 e. The van der Waals surface area contributed by atoms with Crippen LogP contribution in [-0.4, -0.2) is 29.5 Å². The third-order valence-corrected chi connectivity index (χ3v) is 3.37. The van der Waals surface area contributed by atoms with Gasteiger partial charge in [-0.1, -0.05) is 6.92 Å². The summed E-state index contributed by atoms with van der Waals surface area (Å²) < 4.78 is 18.9. The standard InChI is InChI=1S/C14H16FNO5/c1-8(3-4-17)14(19)21-16-6-9-5-11(20-2)13(18)12(15)10(9)7-16/h4-5,8,18H,3,6-7H2,1-2H3. The molecule has 0 aromatic heterocycles. The molecule has 0 spiro atoms. The molecule has 0 saturated carbocycles. The van der Waals surface area contributed by atoms with Crippen molar-refractivity contribution in [3.63, 3.8) is 0 Å². The van der Waals surface area contributed by atoms with Crippen molar-refractivity contribution in [2.24, 2.45) is 5.92 Å². The highest BCUT2D eigenvalue weighted by Gasteiger charge is 2.29. The molecule has 1 unspecified atom stereocenters. The minimum Gasteiger partial charge on any atom is -0.502 e. The van der Waals surface area contributed by atoms with E-state index in [1.165, 1.54) is 18.2 Å². The average molecular weight is 297 g/mol. The molecule has 1 aliphatic rings. The first-order chi connectivity index (χ1) is 9.97. The Morgan fingerprint density at radius 3 is 2.90 bits per heavy atom. The molecule has 1 aromatic rings. The van der Waals surface area contributed by atoms with Gasteiger partial charge in [-0.05, 0) is 11.6 Å². The molecular weight excluding hydrogens is 281 g/mol. The number of hydrogen-bond acceptors (Lipinski definition) is 6. The van der Waals surface area contributed by atoms with Gasteiger partial charge in [0.05, 0.1) is 26.1 Å². The van der Waals surface area contributed by atoms with Crippen molar-refractivity contribution < 1.29 is 28.7 Å². The van der Waals surface area contributed by atoms with Crippen LogP contribution in [0.5, 0.6) is 11.5 Å². The Bertz CT molecular complexity index is 575. The van der Waals surface area contributed by atoms with Crippen LogP contribution < -0.4 is 4.74 Å². The molecule has 0 amide bonds. The zero-order valence-electron chi connectivity index (χ0n) is 11.8. The van der Waals surface area contributed by atoms with E-state index in [0.29, 0.717) is 11.8 Å². The second-order valence-electron chi connectivity index (χ2n) is 4.89. The van der Waals surface area contributed by atoms with Crippen molar-refractivity contribution in [1.29, 1.82) is 0 Å². The molecule has 6 nitrogen and oxygen atoms in total. The van der Waals surface area contributed by atoms with E-state index in [2.05, 4.69) is 0 Å². The van der Waals surface area contributed by atoms with Gasteiger partial charge in [-0.3, -0.25) is 4.79 Å². The van der Waals surface area contributed by atoms with Crippen LogP contribution in [0.2, 0.25) is 0 Å². The highest BCUT2D eigenvalue weighted by Crippen LogP contribution is 2.37. The lowest BCUT2D eigenvalue weighted by atomic mass is 10.1. The second kappa shape index (κ2) is 6.09. The van der Waals surface area contributed by atoms with Crippen molar-refractivity contribution in [2.75, 3.05) is 7.11 Å². The summed E-state index contributed by atoms with van der Waals surface area (Å²) >= 11 is 0. The van der Waals surface area contributed by atoms with Crippen molar-refractivity contribution in [2.45, 2.75) is 26.4 Å². The number of methoxy groups -OCH3 is 1. The number of halogens is 1. The van der Waals surface area contributed by atoms with Crippen molar-refractivity contribution in [3.05, 3.63) is 23.0 Å². The molecule has 1 N–H and O–H groups in total. The van der Waals surface area contributed by atoms with Crippen molar-refractivity contribution in [1.82, 2.24) is 5.06 Å². The summed E-state index contributed by atoms with van der Waals surface area (Å²) in [6.45, 7) is 1.82. The van der Waals surface area contributed by atoms with Gasteiger partial charge in [0, 0.05) is 12.0 Å². The first-order valence-corrected chi connectivity index (χ1v) is 6.45. The number of hydrogen-bond donors (Lipinski definition) is 1. The van der Waals surface area contributed by atoms with E-state index in [1.54, 1.807) is 6.92 Å². The van der Waals surface area contributed by atoms with E-state index in [1.807, 2.05) is 0 Å². The van der Waals surface area contributed by atoms with Crippen LogP contribution in [-0.2, 0) is 27.5 Å². The predicted octanol–water partition coefficient (Wildman–Crippen LogP) is 1.54. The number of benzene rings is 1. The summed E-state index contributed by atoms with van der Waals surface area (Å²) in [6.07, 6.45) is 0.718. The van der Waals surface area contributed by atoms with Crippen LogP contribution in [0.3, 0.4) is 0 Å². The zero-order chi connectivity index (χ0) is 15.6. The maximum atomic E-state index is 14.0. The van der Waals surface area contributed by atoms with Crippen LogP contribution in [0.4, 0.5) is 4.39 Å². The lowest BCUT2D eigenvalue weighted by Crippen LogP contribution is -2.26. The number of carbonyl (C=O) groups excluding carboxylic acids is 2. The normalized spacial score (nSPS) is 15.4. The minimum absolute atomic E-state index is 0.0359. The largest absolute Gasteiger partial charge is 0.502 e. The zero-order valence-corrected chi connectivity index (χ0v) is 11.8. The molecule has 0 fully saturated rings. The Kier molecular flexibility index (Phi) is 4.42. The smallest absolute Gasteiger partial charge is 0.328 e. The predicted molar refractivity (Wildman–Crippen MR) is 69.8 cm³/mol. The number of phenolic OH excluding ortho intramolecular Hbond substituents is 1. The van der Waals surface area contributed by atoms with Gasteiger partial charge in [0.2, 0.25) is 0 Å². The number of rotatable bonds is 5. The highest BCUT2D eigenvalue weighted by atomic mass is 19.1. The molecule has 1 aliphatic heterocycles. The number of hydroxylamine groups is 2. The van der Waals surface area contributed by atoms with Gasteiger partial charge in [-0.25, -0.2) is 4.39 Å². The molecule has 114 valence electrons. The Hall–Kier alpha value is -2.15. The Morgan fingerprint density at radius 2 is 2.29 bits per heavy atom. The lowest BCUT2D eigenvalue weighted by molar-refractivity contribution is -0.198. The molecule has 0 bridgehead atoms. The van der Waals surface area contributed by atoms with E-state index >= 15 is 0 Å². The lowest BCUT2D eigenvalue weighted by Gasteiger charge is -2.16. The number of fused-ring (bicyclic) bond motifs is 1. The minimum atomic E-state index is -0.774. The van der Waals surface area contributed by atoms with Gasteiger partial charge in [-0.2, -0.15) is 0 Å². The maximum absolute atomic E-state index is 14.0. The average Bonchev–Trinajstić information content (AvgIpc) is 2.85. The SMILES string of the molecule is COc1cc2c(c(F)c1O)CN(OC(=O)C(C)CC=O)C2. The molecule has 1 heterocycles. The molecule has 0 radical (unpaired) electrons. The van der Waals surface area contributed by atoms with Crippen molar-refractivity contribution >= 4 is 12.3 Å². The van der Waals surface area contributed by atoms with Gasteiger partial charge in [0.25, 0.3) is 0 Å². The number of phenols is 1. The summed E-state index contributed by atoms with van der Waals surface area (Å²) in [4.78, 5) is 27.2. The summed E-state index contributed by atoms with van der Waals surface area (Å²) in [5.74, 6) is -2.40. The molecular formula is C14H16FNO5. The van der Waals surface area contributed by atoms with Gasteiger partial charge < -0.3 is 19.5 Å². The molecule has 0 saturated heterocycles. The Morgan fingerprint density at radius 1 is 1.57 bits per heavy atom. The highest BCUT2D eigenvalue weighted by molar-refractivity contribution is 5.74. The topological polar surface area (TPSA) is 76.1 Å². The summed E-state index contributed by atoms with van der Waals surface area (Å²) in [6, 6.07) is 1.51.